The van der Waals surface area contributed by atoms with E-state index in [9.17, 15) is 4.79 Å². The first-order chi connectivity index (χ1) is 7.06. The van der Waals surface area contributed by atoms with Crippen molar-refractivity contribution in [3.05, 3.63) is 16.4 Å². The van der Waals surface area contributed by atoms with Gasteiger partial charge in [0.2, 0.25) is 0 Å². The van der Waals surface area contributed by atoms with Gasteiger partial charge in [-0.15, -0.1) is 0 Å². The summed E-state index contributed by atoms with van der Waals surface area (Å²) in [5.41, 5.74) is 1.68. The number of ether oxygens (including phenoxy) is 1. The Morgan fingerprint density at radius 3 is 2.67 bits per heavy atom. The van der Waals surface area contributed by atoms with Crippen LogP contribution in [0.4, 0.5) is 0 Å². The van der Waals surface area contributed by atoms with E-state index < -0.39 is 0 Å². The van der Waals surface area contributed by atoms with Gasteiger partial charge in [0.05, 0.1) is 36.0 Å². The van der Waals surface area contributed by atoms with Crippen LogP contribution in [-0.4, -0.2) is 22.4 Å². The van der Waals surface area contributed by atoms with Crippen molar-refractivity contribution in [2.45, 2.75) is 33.7 Å². The first-order valence-electron chi connectivity index (χ1n) is 4.91. The minimum atomic E-state index is -0.207. The Hall–Kier alpha value is -1.03. The van der Waals surface area contributed by atoms with E-state index in [4.69, 9.17) is 16.3 Å². The molecule has 4 nitrogen and oxygen atoms in total. The highest BCUT2D eigenvalue weighted by Crippen LogP contribution is 2.18. The van der Waals surface area contributed by atoms with Gasteiger partial charge < -0.3 is 4.74 Å². The summed E-state index contributed by atoms with van der Waals surface area (Å²) in [5, 5.41) is 4.88. The molecular weight excluding hydrogens is 216 g/mol. The van der Waals surface area contributed by atoms with E-state index in [1.165, 1.54) is 0 Å². The number of halogens is 1. The van der Waals surface area contributed by atoms with Gasteiger partial charge in [-0.25, -0.2) is 0 Å². The van der Waals surface area contributed by atoms with Crippen molar-refractivity contribution in [1.29, 1.82) is 0 Å². The van der Waals surface area contributed by atoms with Gasteiger partial charge >= 0.3 is 5.97 Å². The van der Waals surface area contributed by atoms with Crippen LogP contribution in [0.25, 0.3) is 0 Å². The molecule has 0 aliphatic heterocycles. The van der Waals surface area contributed by atoms with Crippen LogP contribution in [0.1, 0.15) is 24.7 Å². The summed E-state index contributed by atoms with van der Waals surface area (Å²) in [7, 11) is 0. The molecule has 5 heteroatoms. The summed E-state index contributed by atoms with van der Waals surface area (Å²) in [4.78, 5) is 11.1. The zero-order chi connectivity index (χ0) is 11.4. The lowest BCUT2D eigenvalue weighted by molar-refractivity contribution is -0.143. The molecule has 0 aromatic carbocycles. The van der Waals surface area contributed by atoms with Crippen molar-refractivity contribution in [3.63, 3.8) is 0 Å². The van der Waals surface area contributed by atoms with E-state index in [1.54, 1.807) is 11.6 Å². The molecule has 0 amide bonds. The molecule has 0 saturated heterocycles. The number of hydrogen-bond acceptors (Lipinski definition) is 3. The molecular formula is C10H15ClN2O2. The van der Waals surface area contributed by atoms with Crippen LogP contribution < -0.4 is 0 Å². The maximum atomic E-state index is 11.1. The molecule has 0 aliphatic carbocycles. The lowest BCUT2D eigenvalue weighted by Gasteiger charge is -2.04. The summed E-state index contributed by atoms with van der Waals surface area (Å²) in [6.45, 7) is 6.44. The Bertz CT molecular complexity index is 361. The van der Waals surface area contributed by atoms with Crippen LogP contribution in [0.2, 0.25) is 5.02 Å². The molecule has 84 valence electrons. The SMILES string of the molecule is CCOC(=O)CCn1nc(C)c(Cl)c1C. The summed E-state index contributed by atoms with van der Waals surface area (Å²) >= 11 is 5.98. The van der Waals surface area contributed by atoms with E-state index in [0.29, 0.717) is 24.6 Å². The van der Waals surface area contributed by atoms with Gasteiger partial charge in [0.1, 0.15) is 0 Å². The van der Waals surface area contributed by atoms with Crippen LogP contribution in [0.5, 0.6) is 0 Å². The highest BCUT2D eigenvalue weighted by Gasteiger charge is 2.10. The zero-order valence-corrected chi connectivity index (χ0v) is 9.97. The number of aromatic nitrogens is 2. The fraction of sp³-hybridized carbons (Fsp3) is 0.600. The second kappa shape index (κ2) is 5.16. The lowest BCUT2D eigenvalue weighted by atomic mass is 10.4. The average molecular weight is 231 g/mol. The number of carbonyl (C=O) groups is 1. The quantitative estimate of drug-likeness (QED) is 0.745. The molecule has 0 atom stereocenters. The van der Waals surface area contributed by atoms with Gasteiger partial charge in [0, 0.05) is 0 Å². The molecule has 15 heavy (non-hydrogen) atoms. The highest BCUT2D eigenvalue weighted by atomic mass is 35.5. The van der Waals surface area contributed by atoms with Crippen molar-refractivity contribution >= 4 is 17.6 Å². The van der Waals surface area contributed by atoms with Crippen molar-refractivity contribution < 1.29 is 9.53 Å². The van der Waals surface area contributed by atoms with Crippen molar-refractivity contribution in [1.82, 2.24) is 9.78 Å². The van der Waals surface area contributed by atoms with Crippen LogP contribution >= 0.6 is 11.6 Å². The summed E-state index contributed by atoms with van der Waals surface area (Å²) in [6, 6.07) is 0. The maximum Gasteiger partial charge on any atom is 0.307 e. The predicted molar refractivity (Wildman–Crippen MR) is 58.0 cm³/mol. The normalized spacial score (nSPS) is 10.4. The summed E-state index contributed by atoms with van der Waals surface area (Å²) < 4.78 is 6.56. The molecule has 0 bridgehead atoms. The molecule has 0 fully saturated rings. The highest BCUT2D eigenvalue weighted by molar-refractivity contribution is 6.31. The van der Waals surface area contributed by atoms with Gasteiger partial charge in [-0.3, -0.25) is 9.48 Å². The fourth-order valence-electron chi connectivity index (χ4n) is 1.32. The number of hydrogen-bond donors (Lipinski definition) is 0. The minimum absolute atomic E-state index is 0.207. The zero-order valence-electron chi connectivity index (χ0n) is 9.21. The van der Waals surface area contributed by atoms with Crippen LogP contribution in [0.3, 0.4) is 0 Å². The number of carbonyl (C=O) groups excluding carboxylic acids is 1. The van der Waals surface area contributed by atoms with Crippen LogP contribution in [0.15, 0.2) is 0 Å². The molecule has 1 rings (SSSR count). The van der Waals surface area contributed by atoms with E-state index >= 15 is 0 Å². The molecule has 1 aromatic rings. The summed E-state index contributed by atoms with van der Waals surface area (Å²) in [5.74, 6) is -0.207. The molecule has 0 N–H and O–H groups in total. The van der Waals surface area contributed by atoms with Crippen LogP contribution in [-0.2, 0) is 16.1 Å². The second-order valence-corrected chi connectivity index (χ2v) is 3.64. The lowest BCUT2D eigenvalue weighted by Crippen LogP contribution is -2.10. The van der Waals surface area contributed by atoms with Crippen molar-refractivity contribution in [2.24, 2.45) is 0 Å². The summed E-state index contributed by atoms with van der Waals surface area (Å²) in [6.07, 6.45) is 0.326. The third-order valence-corrected chi connectivity index (χ3v) is 2.67. The van der Waals surface area contributed by atoms with E-state index in [1.807, 2.05) is 13.8 Å². The second-order valence-electron chi connectivity index (χ2n) is 3.26. The maximum absolute atomic E-state index is 11.1. The molecule has 1 heterocycles. The smallest absolute Gasteiger partial charge is 0.307 e. The topological polar surface area (TPSA) is 44.1 Å². The average Bonchev–Trinajstić information content (AvgIpc) is 2.43. The van der Waals surface area contributed by atoms with Gasteiger partial charge in [-0.2, -0.15) is 5.10 Å². The van der Waals surface area contributed by atoms with E-state index in [0.717, 1.165) is 11.4 Å². The standard InChI is InChI=1S/C10H15ClN2O2/c1-4-15-9(14)5-6-13-8(3)10(11)7(2)12-13/h4-6H2,1-3H3. The fourth-order valence-corrected chi connectivity index (χ4v) is 1.46. The first kappa shape index (κ1) is 12.0. The van der Waals surface area contributed by atoms with Crippen LogP contribution in [0, 0.1) is 13.8 Å². The largest absolute Gasteiger partial charge is 0.466 e. The van der Waals surface area contributed by atoms with Gasteiger partial charge in [-0.1, -0.05) is 11.6 Å². The number of esters is 1. The number of nitrogens with zero attached hydrogens (tertiary/aromatic N) is 2. The Morgan fingerprint density at radius 1 is 1.53 bits per heavy atom. The molecule has 0 spiro atoms. The molecule has 0 unspecified atom stereocenters. The molecule has 0 aliphatic rings. The number of rotatable bonds is 4. The van der Waals surface area contributed by atoms with Gasteiger partial charge in [-0.05, 0) is 20.8 Å². The third kappa shape index (κ3) is 2.96. The van der Waals surface area contributed by atoms with Crippen molar-refractivity contribution in [3.8, 4) is 0 Å². The first-order valence-corrected chi connectivity index (χ1v) is 5.29. The number of aryl methyl sites for hydroxylation is 2. The Labute approximate surface area is 94.2 Å². The molecule has 0 radical (unpaired) electrons. The Balaban J connectivity index is 2.58. The van der Waals surface area contributed by atoms with E-state index in [-0.39, 0.29) is 5.97 Å². The molecule has 0 saturated carbocycles. The predicted octanol–water partition coefficient (Wildman–Crippen LogP) is 2.11. The Kier molecular flexibility index (Phi) is 4.15. The Morgan fingerprint density at radius 2 is 2.20 bits per heavy atom. The third-order valence-electron chi connectivity index (χ3n) is 2.13. The molecule has 1 aromatic heterocycles. The monoisotopic (exact) mass is 230 g/mol. The van der Waals surface area contributed by atoms with Gasteiger partial charge in [0.25, 0.3) is 0 Å². The van der Waals surface area contributed by atoms with E-state index in [2.05, 4.69) is 5.10 Å². The van der Waals surface area contributed by atoms with Crippen molar-refractivity contribution in [2.75, 3.05) is 6.61 Å². The minimum Gasteiger partial charge on any atom is -0.466 e. The van der Waals surface area contributed by atoms with Gasteiger partial charge in [0.15, 0.2) is 0 Å².